The molecule has 1 unspecified atom stereocenters. The van der Waals surface area contributed by atoms with Gasteiger partial charge in [-0.2, -0.15) is 0 Å². The van der Waals surface area contributed by atoms with Gasteiger partial charge in [0.05, 0.1) is 11.1 Å². The van der Waals surface area contributed by atoms with Crippen molar-refractivity contribution in [2.45, 2.75) is 6.10 Å². The van der Waals surface area contributed by atoms with E-state index in [1.807, 2.05) is 0 Å². The zero-order chi connectivity index (χ0) is 9.14. The maximum Gasteiger partial charge on any atom is 0.130 e. The molecule has 0 aliphatic carbocycles. The summed E-state index contributed by atoms with van der Waals surface area (Å²) in [5.41, 5.74) is 0.581. The van der Waals surface area contributed by atoms with Gasteiger partial charge >= 0.3 is 0 Å². The van der Waals surface area contributed by atoms with E-state index in [0.29, 0.717) is 21.1 Å². The molecular weight excluding hydrogens is 265 g/mol. The third kappa shape index (κ3) is 2.33. The highest BCUT2D eigenvalue weighted by Gasteiger charge is 2.10. The topological polar surface area (TPSA) is 33.1 Å². The second-order valence-corrected chi connectivity index (χ2v) is 3.64. The Morgan fingerprint density at radius 1 is 1.58 bits per heavy atom. The Morgan fingerprint density at radius 2 is 2.25 bits per heavy atom. The highest BCUT2D eigenvalue weighted by molar-refractivity contribution is 9.09. The van der Waals surface area contributed by atoms with E-state index in [1.165, 1.54) is 12.3 Å². The molecule has 2 nitrogen and oxygen atoms in total. The molecule has 5 heteroatoms. The molecule has 12 heavy (non-hydrogen) atoms. The van der Waals surface area contributed by atoms with Crippen LogP contribution in [-0.4, -0.2) is 15.4 Å². The SMILES string of the molecule is OC(CBr)c1cnc(Cl)cc1Cl. The summed E-state index contributed by atoms with van der Waals surface area (Å²) in [7, 11) is 0. The number of aliphatic hydroxyl groups excluding tert-OH is 1. The molecule has 1 rings (SSSR count). The maximum atomic E-state index is 9.39. The first-order valence-electron chi connectivity index (χ1n) is 3.20. The van der Waals surface area contributed by atoms with Crippen LogP contribution in [0.25, 0.3) is 0 Å². The van der Waals surface area contributed by atoms with Crippen LogP contribution in [0.2, 0.25) is 10.2 Å². The van der Waals surface area contributed by atoms with Crippen LogP contribution < -0.4 is 0 Å². The largest absolute Gasteiger partial charge is 0.387 e. The molecule has 0 saturated heterocycles. The molecule has 1 aromatic heterocycles. The van der Waals surface area contributed by atoms with Gasteiger partial charge in [-0.05, 0) is 6.07 Å². The molecule has 66 valence electrons. The Kier molecular flexibility index (Phi) is 3.77. The fourth-order valence-corrected chi connectivity index (χ4v) is 1.59. The van der Waals surface area contributed by atoms with Gasteiger partial charge in [0.15, 0.2) is 0 Å². The number of aliphatic hydroxyl groups is 1. The predicted octanol–water partition coefficient (Wildman–Crippen LogP) is 2.82. The lowest BCUT2D eigenvalue weighted by Crippen LogP contribution is -1.99. The van der Waals surface area contributed by atoms with Gasteiger partial charge < -0.3 is 5.11 Å². The number of nitrogens with zero attached hydrogens (tertiary/aromatic N) is 1. The van der Waals surface area contributed by atoms with Crippen molar-refractivity contribution in [2.75, 3.05) is 5.33 Å². The van der Waals surface area contributed by atoms with Gasteiger partial charge in [-0.1, -0.05) is 39.1 Å². The number of hydrogen-bond acceptors (Lipinski definition) is 2. The van der Waals surface area contributed by atoms with E-state index < -0.39 is 6.10 Å². The molecule has 0 aliphatic rings. The summed E-state index contributed by atoms with van der Waals surface area (Å²) < 4.78 is 0. The molecule has 0 amide bonds. The Hall–Kier alpha value is 0.170. The standard InChI is InChI=1S/C7H6BrCl2NO/c8-2-6(12)4-3-11-7(10)1-5(4)9/h1,3,6,12H,2H2. The molecular formula is C7H6BrCl2NO. The lowest BCUT2D eigenvalue weighted by molar-refractivity contribution is 0.205. The van der Waals surface area contributed by atoms with Gasteiger partial charge in [-0.15, -0.1) is 0 Å². The second-order valence-electron chi connectivity index (χ2n) is 2.20. The first-order valence-corrected chi connectivity index (χ1v) is 5.08. The lowest BCUT2D eigenvalue weighted by atomic mass is 10.2. The van der Waals surface area contributed by atoms with E-state index in [0.717, 1.165) is 0 Å². The summed E-state index contributed by atoms with van der Waals surface area (Å²) in [6.45, 7) is 0. The molecule has 1 N–H and O–H groups in total. The van der Waals surface area contributed by atoms with Crippen molar-refractivity contribution in [2.24, 2.45) is 0 Å². The number of alkyl halides is 1. The van der Waals surface area contributed by atoms with E-state index in [2.05, 4.69) is 20.9 Å². The number of aromatic nitrogens is 1. The lowest BCUT2D eigenvalue weighted by Gasteiger charge is -2.08. The van der Waals surface area contributed by atoms with Gasteiger partial charge in [0.2, 0.25) is 0 Å². The molecule has 0 saturated carbocycles. The summed E-state index contributed by atoms with van der Waals surface area (Å²) in [6, 6.07) is 1.50. The van der Waals surface area contributed by atoms with E-state index in [4.69, 9.17) is 23.2 Å². The number of pyridine rings is 1. The van der Waals surface area contributed by atoms with E-state index in [1.54, 1.807) is 0 Å². The summed E-state index contributed by atoms with van der Waals surface area (Å²) in [6.07, 6.45) is 0.832. The average Bonchev–Trinajstić information content (AvgIpc) is 2.03. The minimum Gasteiger partial charge on any atom is -0.387 e. The van der Waals surface area contributed by atoms with Crippen molar-refractivity contribution in [3.05, 3.63) is 28.0 Å². The minimum atomic E-state index is -0.637. The van der Waals surface area contributed by atoms with Gasteiger partial charge in [-0.25, -0.2) is 4.98 Å². The minimum absolute atomic E-state index is 0.325. The molecule has 0 fully saturated rings. The van der Waals surface area contributed by atoms with Gasteiger partial charge in [-0.3, -0.25) is 0 Å². The Bertz CT molecular complexity index is 282. The summed E-state index contributed by atoms with van der Waals surface area (Å²) in [4.78, 5) is 3.81. The summed E-state index contributed by atoms with van der Waals surface area (Å²) in [5.74, 6) is 0. The van der Waals surface area contributed by atoms with Crippen LogP contribution in [0.3, 0.4) is 0 Å². The van der Waals surface area contributed by atoms with Crippen LogP contribution in [0.15, 0.2) is 12.3 Å². The smallest absolute Gasteiger partial charge is 0.130 e. The highest BCUT2D eigenvalue weighted by Crippen LogP contribution is 2.25. The number of hydrogen-bond donors (Lipinski definition) is 1. The van der Waals surface area contributed by atoms with Crippen LogP contribution >= 0.6 is 39.1 Å². The fourth-order valence-electron chi connectivity index (χ4n) is 0.746. The third-order valence-electron chi connectivity index (χ3n) is 1.35. The molecule has 1 atom stereocenters. The zero-order valence-corrected chi connectivity index (χ0v) is 9.07. The molecule has 0 aromatic carbocycles. The zero-order valence-electron chi connectivity index (χ0n) is 5.97. The molecule has 0 aliphatic heterocycles. The van der Waals surface area contributed by atoms with Crippen molar-refractivity contribution >= 4 is 39.1 Å². The first kappa shape index (κ1) is 10.3. The Balaban J connectivity index is 3.01. The highest BCUT2D eigenvalue weighted by atomic mass is 79.9. The fraction of sp³-hybridized carbons (Fsp3) is 0.286. The van der Waals surface area contributed by atoms with Crippen LogP contribution in [0, 0.1) is 0 Å². The van der Waals surface area contributed by atoms with E-state index in [-0.39, 0.29) is 0 Å². The summed E-state index contributed by atoms with van der Waals surface area (Å²) >= 11 is 14.5. The molecule has 0 bridgehead atoms. The Morgan fingerprint density at radius 3 is 2.75 bits per heavy atom. The van der Waals surface area contributed by atoms with Crippen molar-refractivity contribution in [1.82, 2.24) is 4.98 Å². The first-order chi connectivity index (χ1) is 5.65. The van der Waals surface area contributed by atoms with Crippen LogP contribution in [0.1, 0.15) is 11.7 Å². The Labute approximate surface area is 88.6 Å². The number of halogens is 3. The van der Waals surface area contributed by atoms with Crippen LogP contribution in [0.4, 0.5) is 0 Å². The van der Waals surface area contributed by atoms with Crippen molar-refractivity contribution in [1.29, 1.82) is 0 Å². The normalized spacial score (nSPS) is 13.0. The second kappa shape index (κ2) is 4.42. The number of rotatable bonds is 2. The van der Waals surface area contributed by atoms with Gasteiger partial charge in [0, 0.05) is 17.1 Å². The van der Waals surface area contributed by atoms with Crippen molar-refractivity contribution in [3.63, 3.8) is 0 Å². The third-order valence-corrected chi connectivity index (χ3v) is 2.50. The molecule has 0 spiro atoms. The van der Waals surface area contributed by atoms with E-state index in [9.17, 15) is 5.11 Å². The monoisotopic (exact) mass is 269 g/mol. The van der Waals surface area contributed by atoms with Crippen LogP contribution in [0.5, 0.6) is 0 Å². The predicted molar refractivity (Wildman–Crippen MR) is 53.0 cm³/mol. The quantitative estimate of drug-likeness (QED) is 0.662. The van der Waals surface area contributed by atoms with Gasteiger partial charge in [0.25, 0.3) is 0 Å². The van der Waals surface area contributed by atoms with Crippen LogP contribution in [-0.2, 0) is 0 Å². The average molecular weight is 271 g/mol. The molecule has 1 heterocycles. The van der Waals surface area contributed by atoms with Crippen molar-refractivity contribution in [3.8, 4) is 0 Å². The molecule has 0 radical (unpaired) electrons. The van der Waals surface area contributed by atoms with E-state index >= 15 is 0 Å². The molecule has 1 aromatic rings. The summed E-state index contributed by atoms with van der Waals surface area (Å²) in [5, 5.41) is 10.6. The maximum absolute atomic E-state index is 9.39. The van der Waals surface area contributed by atoms with Crippen molar-refractivity contribution < 1.29 is 5.11 Å². The van der Waals surface area contributed by atoms with Gasteiger partial charge in [0.1, 0.15) is 5.15 Å².